The molecule has 0 radical (unpaired) electrons. The van der Waals surface area contributed by atoms with Gasteiger partial charge in [0.05, 0.1) is 29.6 Å². The molecule has 0 saturated carbocycles. The maximum atomic E-state index is 12.5. The molecule has 9 nitrogen and oxygen atoms in total. The molecule has 0 spiro atoms. The Hall–Kier alpha value is -2.56. The van der Waals surface area contributed by atoms with Crippen LogP contribution in [-0.2, 0) is 15.0 Å². The lowest BCUT2D eigenvalue weighted by Gasteiger charge is -2.15. The number of hydrogen-bond acceptors (Lipinski definition) is 8. The van der Waals surface area contributed by atoms with Crippen LogP contribution in [0.25, 0.3) is 0 Å². The number of hydroxylamine groups is 1. The predicted molar refractivity (Wildman–Crippen MR) is 84.6 cm³/mol. The Kier molecular flexibility index (Phi) is 4.89. The predicted octanol–water partition coefficient (Wildman–Crippen LogP) is 1.31. The summed E-state index contributed by atoms with van der Waals surface area (Å²) in [4.78, 5) is 7.91. The molecule has 0 atom stereocenters. The number of nitrogens with zero attached hydrogens (tertiary/aromatic N) is 2. The number of nitrogen functional groups attached to an aromatic ring is 1. The van der Waals surface area contributed by atoms with Crippen molar-refractivity contribution in [2.45, 2.75) is 4.90 Å². The van der Waals surface area contributed by atoms with Gasteiger partial charge < -0.3 is 10.5 Å². The smallest absolute Gasteiger partial charge is 0.262 e. The minimum Gasteiger partial charge on any atom is -0.479 e. The van der Waals surface area contributed by atoms with Crippen LogP contribution in [0.1, 0.15) is 0 Å². The van der Waals surface area contributed by atoms with Crippen molar-refractivity contribution in [2.75, 3.05) is 29.7 Å². The van der Waals surface area contributed by atoms with Gasteiger partial charge in [-0.3, -0.25) is 4.72 Å². The van der Waals surface area contributed by atoms with Crippen molar-refractivity contribution in [3.63, 3.8) is 0 Å². The van der Waals surface area contributed by atoms with Gasteiger partial charge in [-0.1, -0.05) is 6.07 Å². The van der Waals surface area contributed by atoms with E-state index in [1.54, 1.807) is 6.07 Å². The molecule has 124 valence electrons. The van der Waals surface area contributed by atoms with Crippen LogP contribution < -0.4 is 20.3 Å². The molecule has 0 saturated heterocycles. The average Bonchev–Trinajstić information content (AvgIpc) is 2.54. The number of anilines is 3. The molecule has 1 aromatic carbocycles. The summed E-state index contributed by atoms with van der Waals surface area (Å²) >= 11 is 0. The number of aromatic nitrogens is 1. The molecule has 10 heteroatoms. The van der Waals surface area contributed by atoms with Crippen LogP contribution in [0, 0.1) is 0 Å². The number of ether oxygens (including phenoxy) is 1. The molecule has 2 aromatic rings. The number of methoxy groups -OCH3 is 1. The van der Waals surface area contributed by atoms with Gasteiger partial charge in [0.15, 0.2) is 0 Å². The Morgan fingerprint density at radius 1 is 1.35 bits per heavy atom. The molecule has 2 rings (SSSR count). The molecule has 0 bridgehead atoms. The van der Waals surface area contributed by atoms with Crippen LogP contribution in [0.2, 0.25) is 0 Å². The summed E-state index contributed by atoms with van der Waals surface area (Å²) in [6.07, 6.45) is 1.35. The standard InChI is InChI=1S/C13H16N4O5S/c1-17(22-18)10-4-3-5-11(7-10)23(19,20)16-12-6-9(14)8-15-13(12)21-2/h3-8,16,18H,14H2,1-2H3. The fourth-order valence-corrected chi connectivity index (χ4v) is 2.89. The molecule has 0 fully saturated rings. The van der Waals surface area contributed by atoms with E-state index in [9.17, 15) is 8.42 Å². The third-order valence-electron chi connectivity index (χ3n) is 2.92. The Labute approximate surface area is 133 Å². The second kappa shape index (κ2) is 6.69. The van der Waals surface area contributed by atoms with Crippen molar-refractivity contribution >= 4 is 27.1 Å². The molecular formula is C13H16N4O5S. The van der Waals surface area contributed by atoms with E-state index in [2.05, 4.69) is 14.7 Å². The minimum absolute atomic E-state index is 0.0385. The average molecular weight is 340 g/mol. The first-order valence-electron chi connectivity index (χ1n) is 6.35. The van der Waals surface area contributed by atoms with Crippen LogP contribution in [0.3, 0.4) is 0 Å². The zero-order valence-corrected chi connectivity index (χ0v) is 13.2. The molecule has 4 N–H and O–H groups in total. The van der Waals surface area contributed by atoms with E-state index in [4.69, 9.17) is 15.7 Å². The molecule has 1 aromatic heterocycles. The maximum absolute atomic E-state index is 12.5. The Balaban J connectivity index is 2.38. The Morgan fingerprint density at radius 2 is 2.09 bits per heavy atom. The van der Waals surface area contributed by atoms with Crippen LogP contribution in [-0.4, -0.2) is 32.8 Å². The monoisotopic (exact) mass is 340 g/mol. The van der Waals surface area contributed by atoms with Crippen molar-refractivity contribution in [3.8, 4) is 5.88 Å². The van der Waals surface area contributed by atoms with Gasteiger partial charge in [0.2, 0.25) is 5.88 Å². The highest BCUT2D eigenvalue weighted by Gasteiger charge is 2.18. The van der Waals surface area contributed by atoms with Gasteiger partial charge in [-0.25, -0.2) is 23.7 Å². The second-order valence-electron chi connectivity index (χ2n) is 4.51. The molecule has 0 aliphatic carbocycles. The van der Waals surface area contributed by atoms with E-state index in [1.165, 1.54) is 44.6 Å². The number of sulfonamides is 1. The third kappa shape index (κ3) is 3.80. The summed E-state index contributed by atoms with van der Waals surface area (Å²) in [5, 5.41) is 9.64. The summed E-state index contributed by atoms with van der Waals surface area (Å²) in [7, 11) is -1.13. The van der Waals surface area contributed by atoms with Gasteiger partial charge in [-0.15, -0.1) is 4.99 Å². The third-order valence-corrected chi connectivity index (χ3v) is 4.29. The summed E-state index contributed by atoms with van der Waals surface area (Å²) in [5.41, 5.74) is 6.36. The first-order chi connectivity index (χ1) is 10.9. The molecule has 0 amide bonds. The first-order valence-corrected chi connectivity index (χ1v) is 7.83. The van der Waals surface area contributed by atoms with E-state index in [0.717, 1.165) is 5.06 Å². The second-order valence-corrected chi connectivity index (χ2v) is 6.19. The molecule has 0 aliphatic heterocycles. The van der Waals surface area contributed by atoms with Crippen LogP contribution in [0.4, 0.5) is 17.1 Å². The Bertz CT molecular complexity index is 797. The van der Waals surface area contributed by atoms with Crippen molar-refractivity contribution in [3.05, 3.63) is 36.5 Å². The number of pyridine rings is 1. The zero-order chi connectivity index (χ0) is 17.0. The molecular weight excluding hydrogens is 324 g/mol. The van der Waals surface area contributed by atoms with Gasteiger partial charge >= 0.3 is 0 Å². The topological polar surface area (TPSA) is 127 Å². The summed E-state index contributed by atoms with van der Waals surface area (Å²) < 4.78 is 32.3. The van der Waals surface area contributed by atoms with Crippen LogP contribution in [0.15, 0.2) is 41.4 Å². The van der Waals surface area contributed by atoms with E-state index in [0.29, 0.717) is 5.69 Å². The van der Waals surface area contributed by atoms with Crippen molar-refractivity contribution < 1.29 is 23.4 Å². The van der Waals surface area contributed by atoms with Gasteiger partial charge in [-0.05, 0) is 24.3 Å². The van der Waals surface area contributed by atoms with E-state index < -0.39 is 10.0 Å². The zero-order valence-electron chi connectivity index (χ0n) is 12.4. The lowest BCUT2D eigenvalue weighted by Crippen LogP contribution is -2.17. The molecule has 1 heterocycles. The number of rotatable bonds is 6. The van der Waals surface area contributed by atoms with Crippen LogP contribution in [0.5, 0.6) is 5.88 Å². The van der Waals surface area contributed by atoms with Crippen molar-refractivity contribution in [1.29, 1.82) is 0 Å². The number of nitrogens with two attached hydrogens (primary N) is 1. The fourth-order valence-electron chi connectivity index (χ4n) is 1.80. The quantitative estimate of drug-likeness (QED) is 0.531. The largest absolute Gasteiger partial charge is 0.479 e. The summed E-state index contributed by atoms with van der Waals surface area (Å²) in [5.74, 6) is 0.0924. The van der Waals surface area contributed by atoms with Gasteiger partial charge in [0, 0.05) is 7.05 Å². The lowest BCUT2D eigenvalue weighted by atomic mass is 10.3. The van der Waals surface area contributed by atoms with Gasteiger partial charge in [-0.2, -0.15) is 0 Å². The van der Waals surface area contributed by atoms with E-state index in [1.807, 2.05) is 0 Å². The number of benzene rings is 1. The van der Waals surface area contributed by atoms with Crippen LogP contribution >= 0.6 is 0 Å². The highest BCUT2D eigenvalue weighted by Crippen LogP contribution is 2.27. The lowest BCUT2D eigenvalue weighted by molar-refractivity contribution is -0.249. The fraction of sp³-hybridized carbons (Fsp3) is 0.154. The van der Waals surface area contributed by atoms with Gasteiger partial charge in [0.25, 0.3) is 10.0 Å². The highest BCUT2D eigenvalue weighted by molar-refractivity contribution is 7.92. The number of hydrogen-bond donors (Lipinski definition) is 3. The summed E-state index contributed by atoms with van der Waals surface area (Å²) in [6.45, 7) is 0. The molecule has 0 aliphatic rings. The van der Waals surface area contributed by atoms with E-state index in [-0.39, 0.29) is 22.2 Å². The first kappa shape index (κ1) is 16.8. The molecule has 0 unspecified atom stereocenters. The van der Waals surface area contributed by atoms with Crippen molar-refractivity contribution in [1.82, 2.24) is 4.98 Å². The van der Waals surface area contributed by atoms with Gasteiger partial charge in [0.1, 0.15) is 5.69 Å². The van der Waals surface area contributed by atoms with E-state index >= 15 is 0 Å². The van der Waals surface area contributed by atoms with Crippen molar-refractivity contribution in [2.24, 2.45) is 0 Å². The Morgan fingerprint density at radius 3 is 2.74 bits per heavy atom. The molecule has 23 heavy (non-hydrogen) atoms. The summed E-state index contributed by atoms with van der Waals surface area (Å²) in [6, 6.07) is 7.19. The maximum Gasteiger partial charge on any atom is 0.262 e. The number of nitrogens with one attached hydrogen (secondary N) is 1. The normalized spacial score (nSPS) is 11.1. The highest BCUT2D eigenvalue weighted by atomic mass is 32.2. The minimum atomic E-state index is -3.92. The SMILES string of the molecule is COc1ncc(N)cc1NS(=O)(=O)c1cccc(N(C)OO)c1.